The number of fused-ring (bicyclic) bond motifs is 2. The van der Waals surface area contributed by atoms with Crippen molar-refractivity contribution in [3.8, 4) is 0 Å². The van der Waals surface area contributed by atoms with Crippen LogP contribution in [0.2, 0.25) is 0 Å². The van der Waals surface area contributed by atoms with E-state index in [4.69, 9.17) is 0 Å². The standard InChI is InChI=1S/C33H43N3O9S4/c1-24(37)12-7-6-8-19-35-28-17-16-26(49(43,44)45)22-27(28)33(2,3)31(35)13-11-14-32-36(20-9-10-21-47(38,39)40)29-18-15-25(23-30(29)46-32)48(41,42)34(4)5/h11,13-18,22-23H,1,6-10,12,19-21H2,2-5H3,(H2-,37,38,39,40,43,44,45)/p-1. The normalized spacial score (nSPS) is 16.0. The van der Waals surface area contributed by atoms with Crippen LogP contribution in [0, 0.1) is 0 Å². The van der Waals surface area contributed by atoms with Crippen molar-refractivity contribution >= 4 is 63.6 Å². The second kappa shape index (κ2) is 15.0. The zero-order valence-electron chi connectivity index (χ0n) is 28.0. The average molecular weight is 753 g/mol. The Morgan fingerprint density at radius 2 is 1.67 bits per heavy atom. The molecule has 268 valence electrons. The molecule has 0 radical (unpaired) electrons. The van der Waals surface area contributed by atoms with Gasteiger partial charge in [0.25, 0.3) is 5.01 Å². The van der Waals surface area contributed by atoms with E-state index in [0.717, 1.165) is 45.5 Å². The minimum Gasteiger partial charge on any atom is -0.748 e. The first-order valence-electron chi connectivity index (χ1n) is 15.7. The van der Waals surface area contributed by atoms with Crippen LogP contribution in [0.3, 0.4) is 0 Å². The predicted octanol–water partition coefficient (Wildman–Crippen LogP) is 5.00. The molecule has 0 fully saturated rings. The number of allylic oxidation sites excluding steroid dienone is 4. The van der Waals surface area contributed by atoms with E-state index in [1.165, 1.54) is 43.6 Å². The van der Waals surface area contributed by atoms with E-state index in [1.54, 1.807) is 18.2 Å². The van der Waals surface area contributed by atoms with Crippen molar-refractivity contribution < 1.29 is 44.0 Å². The molecule has 0 amide bonds. The van der Waals surface area contributed by atoms with Crippen LogP contribution in [0.5, 0.6) is 0 Å². The van der Waals surface area contributed by atoms with Gasteiger partial charge >= 0.3 is 0 Å². The van der Waals surface area contributed by atoms with Gasteiger partial charge in [-0.15, -0.1) is 0 Å². The van der Waals surface area contributed by atoms with Crippen molar-refractivity contribution in [1.82, 2.24) is 4.31 Å². The van der Waals surface area contributed by atoms with E-state index in [1.807, 2.05) is 36.6 Å². The number of thiazole rings is 1. The molecule has 1 N–H and O–H groups in total. The minimum atomic E-state index is -4.67. The van der Waals surface area contributed by atoms with Gasteiger partial charge in [0.15, 0.2) is 6.54 Å². The molecule has 12 nitrogen and oxygen atoms in total. The molecule has 49 heavy (non-hydrogen) atoms. The lowest BCUT2D eigenvalue weighted by molar-refractivity contribution is -0.669. The average Bonchev–Trinajstić information content (AvgIpc) is 3.44. The third-order valence-electron chi connectivity index (χ3n) is 8.50. The number of nitrogens with zero attached hydrogens (tertiary/aromatic N) is 3. The van der Waals surface area contributed by atoms with Crippen LogP contribution in [0.4, 0.5) is 5.69 Å². The van der Waals surface area contributed by atoms with Crippen LogP contribution in [-0.4, -0.2) is 70.2 Å². The molecule has 0 aliphatic carbocycles. The zero-order chi connectivity index (χ0) is 36.4. The van der Waals surface area contributed by atoms with E-state index in [-0.39, 0.29) is 22.0 Å². The van der Waals surface area contributed by atoms with E-state index in [9.17, 15) is 39.5 Å². The lowest BCUT2D eigenvalue weighted by atomic mass is 9.83. The summed E-state index contributed by atoms with van der Waals surface area (Å²) in [5, 5.41) is 10.2. The van der Waals surface area contributed by atoms with Crippen LogP contribution >= 0.6 is 11.3 Å². The lowest BCUT2D eigenvalue weighted by Crippen LogP contribution is -2.35. The van der Waals surface area contributed by atoms with Gasteiger partial charge in [-0.25, -0.2) is 29.6 Å². The van der Waals surface area contributed by atoms with E-state index in [2.05, 4.69) is 11.5 Å². The van der Waals surface area contributed by atoms with Gasteiger partial charge in [0.1, 0.15) is 14.8 Å². The number of aryl methyl sites for hydroxylation is 1. The highest BCUT2D eigenvalue weighted by Crippen LogP contribution is 2.48. The molecule has 4 rings (SSSR count). The summed E-state index contributed by atoms with van der Waals surface area (Å²) in [5.41, 5.74) is 2.46. The first kappa shape index (κ1) is 38.7. The third kappa shape index (κ3) is 9.17. The summed E-state index contributed by atoms with van der Waals surface area (Å²) in [5.74, 6) is -0.345. The van der Waals surface area contributed by atoms with Crippen LogP contribution in [0.25, 0.3) is 16.3 Å². The molecule has 0 saturated carbocycles. The number of aromatic nitrogens is 1. The Morgan fingerprint density at radius 3 is 2.31 bits per heavy atom. The summed E-state index contributed by atoms with van der Waals surface area (Å²) < 4.78 is 98.7. The number of anilines is 1. The van der Waals surface area contributed by atoms with Gasteiger partial charge in [-0.2, -0.15) is 4.57 Å². The quantitative estimate of drug-likeness (QED) is 0.0907. The number of rotatable bonds is 16. The lowest BCUT2D eigenvalue weighted by Gasteiger charge is -2.27. The molecule has 0 bridgehead atoms. The molecular weight excluding hydrogens is 711 g/mol. The Balaban J connectivity index is 1.74. The summed E-state index contributed by atoms with van der Waals surface area (Å²) >= 11 is 1.37. The fourth-order valence-corrected chi connectivity index (χ4v) is 9.11. The zero-order valence-corrected chi connectivity index (χ0v) is 31.2. The van der Waals surface area contributed by atoms with Gasteiger partial charge in [0, 0.05) is 68.2 Å². The molecule has 0 unspecified atom stereocenters. The highest BCUT2D eigenvalue weighted by atomic mass is 32.2. The predicted molar refractivity (Wildman–Crippen MR) is 189 cm³/mol. The number of aliphatic hydroxyl groups is 1. The summed E-state index contributed by atoms with van der Waals surface area (Å²) in [6.07, 6.45) is 9.10. The highest BCUT2D eigenvalue weighted by Gasteiger charge is 2.40. The second-order valence-electron chi connectivity index (χ2n) is 12.7. The van der Waals surface area contributed by atoms with Gasteiger partial charge in [0.2, 0.25) is 15.5 Å². The van der Waals surface area contributed by atoms with Gasteiger partial charge in [-0.05, 0) is 61.2 Å². The van der Waals surface area contributed by atoms with E-state index in [0.29, 0.717) is 36.2 Å². The molecule has 2 heterocycles. The summed E-state index contributed by atoms with van der Waals surface area (Å²) in [4.78, 5) is 1.94. The van der Waals surface area contributed by atoms with Crippen LogP contribution in [-0.2, 0) is 42.2 Å². The summed E-state index contributed by atoms with van der Waals surface area (Å²) in [7, 11) is -9.80. The smallest absolute Gasteiger partial charge is 0.262 e. The Morgan fingerprint density at radius 1 is 0.980 bits per heavy atom. The maximum atomic E-state index is 12.8. The monoisotopic (exact) mass is 752 g/mol. The largest absolute Gasteiger partial charge is 0.748 e. The maximum Gasteiger partial charge on any atom is 0.262 e. The SMILES string of the molecule is C=C(O)CCCCCN1/C(=C/C=C/c2sc3cc(S(=O)(=O)N(C)C)ccc3[n+]2CCCCS(=O)(=O)[O-])C(C)(C)c2cc(S(=O)(=O)[O-])ccc21. The Kier molecular flexibility index (Phi) is 11.8. The molecule has 2 aromatic carbocycles. The van der Waals surface area contributed by atoms with Crippen LogP contribution in [0.1, 0.15) is 62.9 Å². The molecule has 0 atom stereocenters. The first-order valence-corrected chi connectivity index (χ1v) is 20.9. The molecule has 1 aliphatic rings. The number of hydrogen-bond donors (Lipinski definition) is 1. The van der Waals surface area contributed by atoms with Gasteiger partial charge in [-0.3, -0.25) is 0 Å². The van der Waals surface area contributed by atoms with E-state index < -0.39 is 41.4 Å². The van der Waals surface area contributed by atoms with Gasteiger partial charge in [0.05, 0.1) is 25.7 Å². The second-order valence-corrected chi connectivity index (χ2v) is 18.8. The Bertz CT molecular complexity index is 2120. The molecule has 1 aromatic heterocycles. The highest BCUT2D eigenvalue weighted by molar-refractivity contribution is 7.89. The van der Waals surface area contributed by atoms with Crippen LogP contribution < -0.4 is 9.47 Å². The molecule has 0 spiro atoms. The Hall–Kier alpha value is -3.12. The number of aliphatic hydroxyl groups excluding tert-OH is 1. The Labute approximate surface area is 293 Å². The molecule has 0 saturated heterocycles. The van der Waals surface area contributed by atoms with Crippen molar-refractivity contribution in [1.29, 1.82) is 0 Å². The number of benzene rings is 2. The number of sulfonamides is 1. The number of hydrogen-bond acceptors (Lipinski definition) is 11. The summed E-state index contributed by atoms with van der Waals surface area (Å²) in [6, 6.07) is 9.27. The maximum absolute atomic E-state index is 12.8. The van der Waals surface area contributed by atoms with Crippen LogP contribution in [0.15, 0.2) is 76.4 Å². The molecule has 16 heteroatoms. The number of unbranched alkanes of at least 4 members (excludes halogenated alkanes) is 3. The third-order valence-corrected chi connectivity index (χ3v) is 13.0. The van der Waals surface area contributed by atoms with Crippen molar-refractivity contribution in [2.24, 2.45) is 0 Å². The van der Waals surface area contributed by atoms with Gasteiger partial charge in [-0.1, -0.05) is 44.3 Å². The van der Waals surface area contributed by atoms with Crippen molar-refractivity contribution in [3.05, 3.63) is 77.2 Å². The first-order chi connectivity index (χ1) is 22.7. The fraction of sp³-hybridized carbons (Fsp3) is 0.424. The topological polar surface area (TPSA) is 179 Å². The van der Waals surface area contributed by atoms with Crippen molar-refractivity contribution in [2.75, 3.05) is 31.3 Å². The minimum absolute atomic E-state index is 0.134. The molecule has 3 aromatic rings. The van der Waals surface area contributed by atoms with Gasteiger partial charge < -0.3 is 19.1 Å². The molecule has 1 aliphatic heterocycles. The fourth-order valence-electron chi connectivity index (χ4n) is 5.91. The van der Waals surface area contributed by atoms with E-state index >= 15 is 0 Å². The summed E-state index contributed by atoms with van der Waals surface area (Å²) in [6.45, 7) is 8.45. The van der Waals surface area contributed by atoms with Crippen molar-refractivity contribution in [3.63, 3.8) is 0 Å². The van der Waals surface area contributed by atoms with Crippen molar-refractivity contribution in [2.45, 2.75) is 74.1 Å². The molecular formula is C33H42N3O9S4-.